The molecule has 0 saturated carbocycles. The largest absolute Gasteiger partial charge is 0.396 e. The quantitative estimate of drug-likeness (QED) is 0.598. The van der Waals surface area contributed by atoms with Crippen molar-refractivity contribution < 1.29 is 0 Å². The predicted octanol–water partition coefficient (Wildman–Crippen LogP) is 2.87. The second kappa shape index (κ2) is 6.80. The molecule has 0 amide bonds. The molecule has 5 heteroatoms. The maximum absolute atomic E-state index is 5.77. The van der Waals surface area contributed by atoms with Crippen LogP contribution in [0.4, 0.5) is 11.5 Å². The summed E-state index contributed by atoms with van der Waals surface area (Å²) < 4.78 is 0. The highest BCUT2D eigenvalue weighted by Crippen LogP contribution is 2.18. The fraction of sp³-hybridized carbons (Fsp3) is 0.500. The number of anilines is 2. The van der Waals surface area contributed by atoms with Gasteiger partial charge in [0.25, 0.3) is 0 Å². The first-order chi connectivity index (χ1) is 7.24. The van der Waals surface area contributed by atoms with Crippen molar-refractivity contribution in [3.05, 3.63) is 17.3 Å². The molecule has 0 saturated heterocycles. The topological polar surface area (TPSA) is 50.9 Å². The molecule has 0 aliphatic rings. The molecule has 3 nitrogen and oxygen atoms in total. The van der Waals surface area contributed by atoms with E-state index in [4.69, 9.17) is 17.3 Å². The van der Waals surface area contributed by atoms with Crippen LogP contribution in [0.1, 0.15) is 12.8 Å². The Hall–Kier alpha value is -0.610. The Morgan fingerprint density at radius 2 is 2.27 bits per heavy atom. The van der Waals surface area contributed by atoms with Gasteiger partial charge in [0.1, 0.15) is 5.15 Å². The van der Waals surface area contributed by atoms with Gasteiger partial charge in [0.05, 0.1) is 5.69 Å². The van der Waals surface area contributed by atoms with E-state index >= 15 is 0 Å². The number of hydrogen-bond acceptors (Lipinski definition) is 4. The van der Waals surface area contributed by atoms with Crippen molar-refractivity contribution >= 4 is 34.9 Å². The molecule has 1 heterocycles. The summed E-state index contributed by atoms with van der Waals surface area (Å²) in [6.45, 7) is 0.887. The van der Waals surface area contributed by atoms with Gasteiger partial charge in [-0.05, 0) is 37.0 Å². The van der Waals surface area contributed by atoms with Crippen LogP contribution < -0.4 is 11.1 Å². The minimum absolute atomic E-state index is 0.468. The number of unbranched alkanes of at least 4 members (excludes halogenated alkanes) is 1. The Morgan fingerprint density at radius 3 is 3.00 bits per heavy atom. The van der Waals surface area contributed by atoms with Crippen LogP contribution in [0, 0.1) is 0 Å². The number of halogens is 1. The van der Waals surface area contributed by atoms with E-state index in [9.17, 15) is 0 Å². The molecular weight excluding hydrogens is 230 g/mol. The molecule has 0 aliphatic carbocycles. The normalized spacial score (nSPS) is 10.3. The molecule has 15 heavy (non-hydrogen) atoms. The van der Waals surface area contributed by atoms with Gasteiger partial charge in [0, 0.05) is 6.54 Å². The first-order valence-corrected chi connectivity index (χ1v) is 6.66. The Bertz CT molecular complexity index is 307. The van der Waals surface area contributed by atoms with Gasteiger partial charge >= 0.3 is 0 Å². The molecule has 84 valence electrons. The molecule has 0 fully saturated rings. The lowest BCUT2D eigenvalue weighted by Crippen LogP contribution is -2.06. The van der Waals surface area contributed by atoms with Gasteiger partial charge < -0.3 is 11.1 Å². The van der Waals surface area contributed by atoms with Gasteiger partial charge in [-0.1, -0.05) is 11.6 Å². The van der Waals surface area contributed by atoms with Crippen LogP contribution in [-0.4, -0.2) is 23.5 Å². The molecule has 1 rings (SSSR count). The van der Waals surface area contributed by atoms with Crippen LogP contribution in [0.5, 0.6) is 0 Å². The van der Waals surface area contributed by atoms with Crippen LogP contribution in [0.15, 0.2) is 12.1 Å². The lowest BCUT2D eigenvalue weighted by Gasteiger charge is -2.07. The molecule has 0 aromatic carbocycles. The van der Waals surface area contributed by atoms with Gasteiger partial charge in [0.2, 0.25) is 0 Å². The second-order valence-electron chi connectivity index (χ2n) is 3.20. The molecule has 0 radical (unpaired) electrons. The number of pyridine rings is 1. The van der Waals surface area contributed by atoms with E-state index in [1.54, 1.807) is 12.1 Å². The van der Waals surface area contributed by atoms with E-state index < -0.39 is 0 Å². The average Bonchev–Trinajstić information content (AvgIpc) is 2.23. The fourth-order valence-corrected chi connectivity index (χ4v) is 1.81. The Balaban J connectivity index is 2.33. The summed E-state index contributed by atoms with van der Waals surface area (Å²) in [5, 5.41) is 3.65. The monoisotopic (exact) mass is 245 g/mol. The summed E-state index contributed by atoms with van der Waals surface area (Å²) in [4.78, 5) is 4.11. The van der Waals surface area contributed by atoms with Gasteiger partial charge in [0.15, 0.2) is 5.82 Å². The van der Waals surface area contributed by atoms with Gasteiger partial charge in [-0.3, -0.25) is 0 Å². The molecular formula is C10H16ClN3S. The van der Waals surface area contributed by atoms with E-state index in [0.717, 1.165) is 13.0 Å². The van der Waals surface area contributed by atoms with E-state index in [2.05, 4.69) is 16.6 Å². The third-order valence-corrected chi connectivity index (χ3v) is 2.87. The Labute approximate surface area is 99.8 Å². The van der Waals surface area contributed by atoms with Gasteiger partial charge in [-0.25, -0.2) is 4.98 Å². The number of hydrogen-bond donors (Lipinski definition) is 2. The Morgan fingerprint density at radius 1 is 1.47 bits per heavy atom. The minimum atomic E-state index is 0.468. The number of rotatable bonds is 6. The predicted molar refractivity (Wildman–Crippen MR) is 69.8 cm³/mol. The first kappa shape index (κ1) is 12.5. The van der Waals surface area contributed by atoms with E-state index in [0.29, 0.717) is 16.7 Å². The maximum atomic E-state index is 5.77. The third-order valence-electron chi connectivity index (χ3n) is 1.96. The van der Waals surface area contributed by atoms with Crippen molar-refractivity contribution in [1.29, 1.82) is 0 Å². The van der Waals surface area contributed by atoms with E-state index in [1.807, 2.05) is 11.8 Å². The van der Waals surface area contributed by atoms with Crippen molar-refractivity contribution in [2.45, 2.75) is 12.8 Å². The standard InChI is InChI=1S/C10H16ClN3S/c1-15-7-3-2-6-13-10-8(12)4-5-9(11)14-10/h4-5H,2-3,6-7,12H2,1H3,(H,13,14). The zero-order chi connectivity index (χ0) is 11.1. The number of nitrogens with zero attached hydrogens (tertiary/aromatic N) is 1. The van der Waals surface area contributed by atoms with Crippen LogP contribution in [0.25, 0.3) is 0 Å². The number of nitrogens with one attached hydrogen (secondary N) is 1. The minimum Gasteiger partial charge on any atom is -0.396 e. The summed E-state index contributed by atoms with van der Waals surface area (Å²) in [6, 6.07) is 3.45. The van der Waals surface area contributed by atoms with E-state index in [-0.39, 0.29) is 0 Å². The fourth-order valence-electron chi connectivity index (χ4n) is 1.17. The number of aromatic nitrogens is 1. The molecule has 1 aromatic heterocycles. The number of thioether (sulfide) groups is 1. The van der Waals surface area contributed by atoms with Gasteiger partial charge in [-0.15, -0.1) is 0 Å². The summed E-state index contributed by atoms with van der Waals surface area (Å²) in [7, 11) is 0. The zero-order valence-electron chi connectivity index (χ0n) is 8.79. The van der Waals surface area contributed by atoms with Crippen molar-refractivity contribution in [3.63, 3.8) is 0 Å². The molecule has 1 aromatic rings. The van der Waals surface area contributed by atoms with Crippen LogP contribution >= 0.6 is 23.4 Å². The van der Waals surface area contributed by atoms with Crippen LogP contribution in [0.2, 0.25) is 5.15 Å². The average molecular weight is 246 g/mol. The maximum Gasteiger partial charge on any atom is 0.150 e. The summed E-state index contributed by atoms with van der Waals surface area (Å²) in [5.74, 6) is 1.88. The van der Waals surface area contributed by atoms with Crippen molar-refractivity contribution in [3.8, 4) is 0 Å². The Kier molecular flexibility index (Phi) is 5.65. The van der Waals surface area contributed by atoms with E-state index in [1.165, 1.54) is 12.2 Å². The summed E-state index contributed by atoms with van der Waals surface area (Å²) in [5.41, 5.74) is 6.39. The van der Waals surface area contributed by atoms with Crippen LogP contribution in [-0.2, 0) is 0 Å². The molecule has 0 spiro atoms. The second-order valence-corrected chi connectivity index (χ2v) is 4.57. The molecule has 0 unspecified atom stereocenters. The summed E-state index contributed by atoms with van der Waals surface area (Å²) >= 11 is 7.63. The molecule has 0 aliphatic heterocycles. The highest BCUT2D eigenvalue weighted by atomic mass is 35.5. The molecule has 0 atom stereocenters. The van der Waals surface area contributed by atoms with Gasteiger partial charge in [-0.2, -0.15) is 11.8 Å². The number of nitrogens with two attached hydrogens (primary N) is 1. The summed E-state index contributed by atoms with van der Waals surface area (Å²) in [6.07, 6.45) is 4.44. The molecule has 3 N–H and O–H groups in total. The van der Waals surface area contributed by atoms with Crippen LogP contribution in [0.3, 0.4) is 0 Å². The van der Waals surface area contributed by atoms with Crippen molar-refractivity contribution in [1.82, 2.24) is 4.98 Å². The lowest BCUT2D eigenvalue weighted by atomic mass is 10.3. The highest BCUT2D eigenvalue weighted by Gasteiger charge is 2.00. The van der Waals surface area contributed by atoms with Crippen molar-refractivity contribution in [2.75, 3.05) is 29.6 Å². The third kappa shape index (κ3) is 4.62. The number of nitrogen functional groups attached to an aromatic ring is 1. The molecule has 0 bridgehead atoms. The van der Waals surface area contributed by atoms with Crippen molar-refractivity contribution in [2.24, 2.45) is 0 Å². The zero-order valence-corrected chi connectivity index (χ0v) is 10.4. The first-order valence-electron chi connectivity index (χ1n) is 4.89. The highest BCUT2D eigenvalue weighted by molar-refractivity contribution is 7.98. The lowest BCUT2D eigenvalue weighted by molar-refractivity contribution is 0.840. The smallest absolute Gasteiger partial charge is 0.150 e. The SMILES string of the molecule is CSCCCCNc1nc(Cl)ccc1N.